The predicted molar refractivity (Wildman–Crippen MR) is 83.7 cm³/mol. The van der Waals surface area contributed by atoms with Crippen LogP contribution >= 0.6 is 0 Å². The molecule has 0 radical (unpaired) electrons. The van der Waals surface area contributed by atoms with Crippen LogP contribution in [-0.4, -0.2) is 25.2 Å². The summed E-state index contributed by atoms with van der Waals surface area (Å²) < 4.78 is 4.62. The van der Waals surface area contributed by atoms with Crippen molar-refractivity contribution in [2.24, 2.45) is 5.10 Å². The molecule has 0 heterocycles. The highest BCUT2D eigenvalue weighted by molar-refractivity contribution is 5.90. The lowest BCUT2D eigenvalue weighted by Crippen LogP contribution is -2.19. The highest BCUT2D eigenvalue weighted by Gasteiger charge is 2.03. The number of ether oxygens (including phenoxy) is 1. The molecule has 0 spiro atoms. The van der Waals surface area contributed by atoms with Gasteiger partial charge >= 0.3 is 5.97 Å². The SMILES string of the molecule is COC(=O)c1ccc(/C=N/NC(=O)Cc2ccccc2)cc1. The number of benzene rings is 2. The first-order valence-corrected chi connectivity index (χ1v) is 6.73. The second kappa shape index (κ2) is 7.73. The Kier molecular flexibility index (Phi) is 5.43. The Morgan fingerprint density at radius 2 is 1.77 bits per heavy atom. The van der Waals surface area contributed by atoms with Gasteiger partial charge in [-0.3, -0.25) is 4.79 Å². The molecule has 0 saturated heterocycles. The monoisotopic (exact) mass is 296 g/mol. The zero-order chi connectivity index (χ0) is 15.8. The van der Waals surface area contributed by atoms with Crippen LogP contribution in [0.25, 0.3) is 0 Å². The zero-order valence-electron chi connectivity index (χ0n) is 12.2. The van der Waals surface area contributed by atoms with E-state index in [-0.39, 0.29) is 18.3 Å². The molecule has 0 aromatic heterocycles. The van der Waals surface area contributed by atoms with Gasteiger partial charge < -0.3 is 4.74 Å². The van der Waals surface area contributed by atoms with Crippen molar-refractivity contribution in [3.05, 3.63) is 71.3 Å². The number of rotatable bonds is 5. The van der Waals surface area contributed by atoms with Crippen LogP contribution in [-0.2, 0) is 16.0 Å². The van der Waals surface area contributed by atoms with Crippen molar-refractivity contribution in [2.45, 2.75) is 6.42 Å². The summed E-state index contributed by atoms with van der Waals surface area (Å²) in [5.74, 6) is -0.576. The molecule has 0 aliphatic heterocycles. The number of carbonyl (C=O) groups excluding carboxylic acids is 2. The molecule has 0 bridgehead atoms. The maximum absolute atomic E-state index is 11.7. The quantitative estimate of drug-likeness (QED) is 0.522. The number of hydrazone groups is 1. The summed E-state index contributed by atoms with van der Waals surface area (Å²) in [5.41, 5.74) is 4.63. The van der Waals surface area contributed by atoms with E-state index in [9.17, 15) is 9.59 Å². The first-order chi connectivity index (χ1) is 10.7. The Morgan fingerprint density at radius 3 is 2.41 bits per heavy atom. The van der Waals surface area contributed by atoms with Gasteiger partial charge in [0.25, 0.3) is 0 Å². The molecule has 0 aliphatic carbocycles. The molecule has 1 N–H and O–H groups in total. The molecule has 22 heavy (non-hydrogen) atoms. The van der Waals surface area contributed by atoms with Gasteiger partial charge in [-0.05, 0) is 23.3 Å². The number of methoxy groups -OCH3 is 1. The van der Waals surface area contributed by atoms with Gasteiger partial charge in [0.1, 0.15) is 0 Å². The summed E-state index contributed by atoms with van der Waals surface area (Å²) >= 11 is 0. The van der Waals surface area contributed by atoms with Gasteiger partial charge in [0, 0.05) is 0 Å². The van der Waals surface area contributed by atoms with E-state index in [2.05, 4.69) is 15.3 Å². The maximum Gasteiger partial charge on any atom is 0.337 e. The molecular weight excluding hydrogens is 280 g/mol. The standard InChI is InChI=1S/C17H16N2O3/c1-22-17(21)15-9-7-14(8-10-15)12-18-19-16(20)11-13-5-3-2-4-6-13/h2-10,12H,11H2,1H3,(H,19,20)/b18-12+. The van der Waals surface area contributed by atoms with Crippen LogP contribution in [0.3, 0.4) is 0 Å². The smallest absolute Gasteiger partial charge is 0.337 e. The molecule has 0 unspecified atom stereocenters. The average Bonchev–Trinajstić information content (AvgIpc) is 2.55. The molecule has 2 rings (SSSR count). The molecule has 1 amide bonds. The minimum Gasteiger partial charge on any atom is -0.465 e. The lowest BCUT2D eigenvalue weighted by molar-refractivity contribution is -0.120. The second-order valence-electron chi connectivity index (χ2n) is 4.57. The fourth-order valence-corrected chi connectivity index (χ4v) is 1.82. The normalized spacial score (nSPS) is 10.4. The molecule has 2 aromatic carbocycles. The fourth-order valence-electron chi connectivity index (χ4n) is 1.82. The zero-order valence-corrected chi connectivity index (χ0v) is 12.2. The highest BCUT2D eigenvalue weighted by atomic mass is 16.5. The molecular formula is C17H16N2O3. The van der Waals surface area contributed by atoms with Gasteiger partial charge in [-0.2, -0.15) is 5.10 Å². The average molecular weight is 296 g/mol. The Balaban J connectivity index is 1.87. The molecule has 0 aliphatic rings. The van der Waals surface area contributed by atoms with Gasteiger partial charge in [0.15, 0.2) is 0 Å². The summed E-state index contributed by atoms with van der Waals surface area (Å²) in [4.78, 5) is 23.0. The molecule has 0 saturated carbocycles. The lowest BCUT2D eigenvalue weighted by atomic mass is 10.1. The number of nitrogens with zero attached hydrogens (tertiary/aromatic N) is 1. The van der Waals surface area contributed by atoms with Crippen LogP contribution in [0.15, 0.2) is 59.7 Å². The Bertz CT molecular complexity index is 664. The number of hydrogen-bond acceptors (Lipinski definition) is 4. The lowest BCUT2D eigenvalue weighted by Gasteiger charge is -2.01. The minimum atomic E-state index is -0.389. The topological polar surface area (TPSA) is 67.8 Å². The molecule has 5 heteroatoms. The van der Waals surface area contributed by atoms with E-state index in [1.54, 1.807) is 24.3 Å². The van der Waals surface area contributed by atoms with E-state index in [1.807, 2.05) is 30.3 Å². The van der Waals surface area contributed by atoms with Crippen molar-refractivity contribution >= 4 is 18.1 Å². The van der Waals surface area contributed by atoms with Crippen LogP contribution in [0.5, 0.6) is 0 Å². The van der Waals surface area contributed by atoms with Crippen molar-refractivity contribution in [1.29, 1.82) is 0 Å². The van der Waals surface area contributed by atoms with Gasteiger partial charge in [-0.15, -0.1) is 0 Å². The first-order valence-electron chi connectivity index (χ1n) is 6.73. The third kappa shape index (κ3) is 4.56. The van der Waals surface area contributed by atoms with Gasteiger partial charge in [0.05, 0.1) is 25.3 Å². The number of nitrogens with one attached hydrogen (secondary N) is 1. The second-order valence-corrected chi connectivity index (χ2v) is 4.57. The number of carbonyl (C=O) groups is 2. The molecule has 2 aromatic rings. The summed E-state index contributed by atoms with van der Waals surface area (Å²) in [6, 6.07) is 16.2. The third-order valence-corrected chi connectivity index (χ3v) is 2.94. The van der Waals surface area contributed by atoms with Crippen LogP contribution in [0.1, 0.15) is 21.5 Å². The Labute approximate surface area is 128 Å². The van der Waals surface area contributed by atoms with Crippen LogP contribution in [0.2, 0.25) is 0 Å². The number of esters is 1. The summed E-state index contributed by atoms with van der Waals surface area (Å²) in [6.45, 7) is 0. The van der Waals surface area contributed by atoms with Crippen LogP contribution < -0.4 is 5.43 Å². The van der Waals surface area contributed by atoms with Crippen molar-refractivity contribution in [3.8, 4) is 0 Å². The van der Waals surface area contributed by atoms with E-state index in [1.165, 1.54) is 13.3 Å². The van der Waals surface area contributed by atoms with E-state index >= 15 is 0 Å². The van der Waals surface area contributed by atoms with E-state index in [0.717, 1.165) is 11.1 Å². The molecule has 112 valence electrons. The Hall–Kier alpha value is -2.95. The van der Waals surface area contributed by atoms with E-state index in [0.29, 0.717) is 5.56 Å². The highest BCUT2D eigenvalue weighted by Crippen LogP contribution is 2.04. The van der Waals surface area contributed by atoms with E-state index in [4.69, 9.17) is 0 Å². The largest absolute Gasteiger partial charge is 0.465 e. The summed E-state index contributed by atoms with van der Waals surface area (Å²) in [5, 5.41) is 3.89. The summed E-state index contributed by atoms with van der Waals surface area (Å²) in [6.07, 6.45) is 1.80. The molecule has 0 fully saturated rings. The number of amides is 1. The Morgan fingerprint density at radius 1 is 1.09 bits per heavy atom. The maximum atomic E-state index is 11.7. The van der Waals surface area contributed by atoms with Gasteiger partial charge in [-0.1, -0.05) is 42.5 Å². The van der Waals surface area contributed by atoms with E-state index < -0.39 is 0 Å². The first kappa shape index (κ1) is 15.4. The van der Waals surface area contributed by atoms with Crippen LogP contribution in [0, 0.1) is 0 Å². The fraction of sp³-hybridized carbons (Fsp3) is 0.118. The van der Waals surface area contributed by atoms with Crippen molar-refractivity contribution in [2.75, 3.05) is 7.11 Å². The number of hydrogen-bond donors (Lipinski definition) is 1. The third-order valence-electron chi connectivity index (χ3n) is 2.94. The summed E-state index contributed by atoms with van der Waals surface area (Å²) in [7, 11) is 1.33. The minimum absolute atomic E-state index is 0.186. The molecule has 0 atom stereocenters. The van der Waals surface area contributed by atoms with Crippen molar-refractivity contribution < 1.29 is 14.3 Å². The van der Waals surface area contributed by atoms with Crippen molar-refractivity contribution in [3.63, 3.8) is 0 Å². The van der Waals surface area contributed by atoms with Gasteiger partial charge in [0.2, 0.25) is 5.91 Å². The molecule has 5 nitrogen and oxygen atoms in total. The van der Waals surface area contributed by atoms with Gasteiger partial charge in [-0.25, -0.2) is 10.2 Å². The van der Waals surface area contributed by atoms with Crippen LogP contribution in [0.4, 0.5) is 0 Å². The predicted octanol–water partition coefficient (Wildman–Crippen LogP) is 2.17. The van der Waals surface area contributed by atoms with Crippen molar-refractivity contribution in [1.82, 2.24) is 5.43 Å².